The quantitative estimate of drug-likeness (QED) is 0.787. The Hall–Kier alpha value is -1.48. The molecule has 1 unspecified atom stereocenters. The van der Waals surface area contributed by atoms with Gasteiger partial charge in [0.25, 0.3) is 6.29 Å². The third-order valence-electron chi connectivity index (χ3n) is 2.08. The van der Waals surface area contributed by atoms with E-state index in [-0.39, 0.29) is 0 Å². The summed E-state index contributed by atoms with van der Waals surface area (Å²) < 4.78 is 10.1. The summed E-state index contributed by atoms with van der Waals surface area (Å²) in [6, 6.07) is 9.75. The van der Waals surface area contributed by atoms with E-state index in [9.17, 15) is 5.11 Å². The molecule has 1 aromatic carbocycles. The van der Waals surface area contributed by atoms with Gasteiger partial charge in [-0.2, -0.15) is 0 Å². The van der Waals surface area contributed by atoms with Crippen LogP contribution in [-0.2, 0) is 15.9 Å². The first-order valence-corrected chi connectivity index (χ1v) is 4.54. The summed E-state index contributed by atoms with van der Waals surface area (Å²) in [6.45, 7) is 0. The SMILES string of the molecule is OC(Cc1ccccc1)C1OC=CO1. The van der Waals surface area contributed by atoms with Crippen molar-refractivity contribution in [2.24, 2.45) is 0 Å². The lowest BCUT2D eigenvalue weighted by atomic mass is 10.1. The van der Waals surface area contributed by atoms with Gasteiger partial charge in [0.1, 0.15) is 18.6 Å². The smallest absolute Gasteiger partial charge is 0.265 e. The average Bonchev–Trinajstić information content (AvgIpc) is 2.72. The molecule has 0 spiro atoms. The van der Waals surface area contributed by atoms with Gasteiger partial charge >= 0.3 is 0 Å². The first-order chi connectivity index (χ1) is 6.86. The minimum atomic E-state index is -0.632. The van der Waals surface area contributed by atoms with Gasteiger partial charge in [0.2, 0.25) is 0 Å². The summed E-state index contributed by atoms with van der Waals surface area (Å²) >= 11 is 0. The first-order valence-electron chi connectivity index (χ1n) is 4.54. The van der Waals surface area contributed by atoms with Gasteiger partial charge in [-0.05, 0) is 5.56 Å². The van der Waals surface area contributed by atoms with Crippen molar-refractivity contribution in [3.05, 3.63) is 48.4 Å². The molecule has 0 aromatic heterocycles. The van der Waals surface area contributed by atoms with Crippen LogP contribution in [-0.4, -0.2) is 17.5 Å². The maximum atomic E-state index is 9.71. The molecule has 1 aromatic rings. The molecule has 0 amide bonds. The van der Waals surface area contributed by atoms with Crippen LogP contribution in [0.2, 0.25) is 0 Å². The Morgan fingerprint density at radius 1 is 1.14 bits per heavy atom. The molecule has 0 aliphatic carbocycles. The summed E-state index contributed by atoms with van der Waals surface area (Å²) in [4.78, 5) is 0. The Morgan fingerprint density at radius 2 is 1.79 bits per heavy atom. The molecule has 1 heterocycles. The van der Waals surface area contributed by atoms with Crippen LogP contribution in [0.5, 0.6) is 0 Å². The third-order valence-corrected chi connectivity index (χ3v) is 2.08. The van der Waals surface area contributed by atoms with Gasteiger partial charge < -0.3 is 14.6 Å². The van der Waals surface area contributed by atoms with E-state index in [0.29, 0.717) is 6.42 Å². The van der Waals surface area contributed by atoms with Crippen LogP contribution in [0.15, 0.2) is 42.9 Å². The Labute approximate surface area is 82.6 Å². The van der Waals surface area contributed by atoms with Crippen molar-refractivity contribution in [2.45, 2.75) is 18.8 Å². The summed E-state index contributed by atoms with van der Waals surface area (Å²) in [7, 11) is 0. The Balaban J connectivity index is 1.91. The number of rotatable bonds is 3. The largest absolute Gasteiger partial charge is 0.457 e. The molecular weight excluding hydrogens is 180 g/mol. The topological polar surface area (TPSA) is 38.7 Å². The van der Waals surface area contributed by atoms with E-state index in [4.69, 9.17) is 9.47 Å². The predicted molar refractivity (Wildman–Crippen MR) is 51.3 cm³/mol. The van der Waals surface area contributed by atoms with E-state index >= 15 is 0 Å². The van der Waals surface area contributed by atoms with Crippen molar-refractivity contribution in [1.29, 1.82) is 0 Å². The van der Waals surface area contributed by atoms with Crippen LogP contribution in [0.25, 0.3) is 0 Å². The predicted octanol–water partition coefficient (Wildman–Crippen LogP) is 1.43. The number of benzene rings is 1. The molecule has 14 heavy (non-hydrogen) atoms. The van der Waals surface area contributed by atoms with E-state index in [1.165, 1.54) is 12.5 Å². The highest BCUT2D eigenvalue weighted by Crippen LogP contribution is 2.13. The minimum absolute atomic E-state index is 0.535. The molecular formula is C11H12O3. The average molecular weight is 192 g/mol. The maximum absolute atomic E-state index is 9.71. The maximum Gasteiger partial charge on any atom is 0.265 e. The Bertz CT molecular complexity index is 300. The highest BCUT2D eigenvalue weighted by Gasteiger charge is 2.23. The van der Waals surface area contributed by atoms with Crippen molar-refractivity contribution in [3.63, 3.8) is 0 Å². The molecule has 1 aliphatic rings. The van der Waals surface area contributed by atoms with Gasteiger partial charge in [-0.15, -0.1) is 0 Å². The van der Waals surface area contributed by atoms with E-state index in [1.807, 2.05) is 30.3 Å². The second kappa shape index (κ2) is 4.15. The lowest BCUT2D eigenvalue weighted by Gasteiger charge is -2.16. The summed E-state index contributed by atoms with van der Waals surface area (Å²) in [5.41, 5.74) is 1.07. The van der Waals surface area contributed by atoms with Crippen LogP contribution in [0.3, 0.4) is 0 Å². The van der Waals surface area contributed by atoms with E-state index in [1.54, 1.807) is 0 Å². The minimum Gasteiger partial charge on any atom is -0.457 e. The van der Waals surface area contributed by atoms with E-state index in [2.05, 4.69) is 0 Å². The fourth-order valence-corrected chi connectivity index (χ4v) is 1.38. The Kier molecular flexibility index (Phi) is 2.70. The molecule has 1 N–H and O–H groups in total. The summed E-state index contributed by atoms with van der Waals surface area (Å²) in [5.74, 6) is 0. The number of aliphatic hydroxyl groups excluding tert-OH is 1. The molecule has 3 nitrogen and oxygen atoms in total. The monoisotopic (exact) mass is 192 g/mol. The molecule has 74 valence electrons. The molecule has 0 saturated carbocycles. The second-order valence-electron chi connectivity index (χ2n) is 3.17. The second-order valence-corrected chi connectivity index (χ2v) is 3.17. The molecule has 3 heteroatoms. The van der Waals surface area contributed by atoms with Crippen LogP contribution < -0.4 is 0 Å². The third kappa shape index (κ3) is 2.06. The van der Waals surface area contributed by atoms with Gasteiger partial charge in [-0.25, -0.2) is 0 Å². The number of aliphatic hydroxyl groups is 1. The zero-order chi connectivity index (χ0) is 9.80. The normalized spacial score (nSPS) is 17.5. The van der Waals surface area contributed by atoms with E-state index < -0.39 is 12.4 Å². The van der Waals surface area contributed by atoms with Gasteiger partial charge in [0, 0.05) is 6.42 Å². The van der Waals surface area contributed by atoms with Crippen molar-refractivity contribution in [1.82, 2.24) is 0 Å². The highest BCUT2D eigenvalue weighted by atomic mass is 16.7. The first kappa shape index (κ1) is 9.09. The van der Waals surface area contributed by atoms with Gasteiger partial charge in [0.15, 0.2) is 0 Å². The van der Waals surface area contributed by atoms with Gasteiger partial charge in [0.05, 0.1) is 0 Å². The fourth-order valence-electron chi connectivity index (χ4n) is 1.38. The number of hydrogen-bond donors (Lipinski definition) is 1. The molecule has 0 radical (unpaired) electrons. The van der Waals surface area contributed by atoms with Gasteiger partial charge in [-0.1, -0.05) is 30.3 Å². The molecule has 1 atom stereocenters. The zero-order valence-corrected chi connectivity index (χ0v) is 7.67. The Morgan fingerprint density at radius 3 is 2.43 bits per heavy atom. The lowest BCUT2D eigenvalue weighted by Crippen LogP contribution is -2.28. The molecule has 0 fully saturated rings. The van der Waals surface area contributed by atoms with Crippen molar-refractivity contribution in [2.75, 3.05) is 0 Å². The summed E-state index contributed by atoms with van der Waals surface area (Å²) in [5, 5.41) is 9.71. The number of hydrogen-bond acceptors (Lipinski definition) is 3. The summed E-state index contributed by atoms with van der Waals surface area (Å²) in [6.07, 6.45) is 2.23. The van der Waals surface area contributed by atoms with E-state index in [0.717, 1.165) is 5.56 Å². The van der Waals surface area contributed by atoms with Crippen LogP contribution >= 0.6 is 0 Å². The highest BCUT2D eigenvalue weighted by molar-refractivity contribution is 5.15. The number of ether oxygens (including phenoxy) is 2. The van der Waals surface area contributed by atoms with Crippen LogP contribution in [0.4, 0.5) is 0 Å². The standard InChI is InChI=1S/C11H12O3/c12-10(11-13-6-7-14-11)8-9-4-2-1-3-5-9/h1-7,10-12H,8H2. The molecule has 0 saturated heterocycles. The lowest BCUT2D eigenvalue weighted by molar-refractivity contribution is -0.106. The van der Waals surface area contributed by atoms with Crippen LogP contribution in [0.1, 0.15) is 5.56 Å². The van der Waals surface area contributed by atoms with Crippen LogP contribution in [0, 0.1) is 0 Å². The van der Waals surface area contributed by atoms with Crippen molar-refractivity contribution < 1.29 is 14.6 Å². The molecule has 1 aliphatic heterocycles. The molecule has 0 bridgehead atoms. The zero-order valence-electron chi connectivity index (χ0n) is 7.67. The van der Waals surface area contributed by atoms with Crippen molar-refractivity contribution >= 4 is 0 Å². The van der Waals surface area contributed by atoms with Crippen molar-refractivity contribution in [3.8, 4) is 0 Å². The fraction of sp³-hybridized carbons (Fsp3) is 0.273. The molecule has 2 rings (SSSR count). The van der Waals surface area contributed by atoms with Gasteiger partial charge in [-0.3, -0.25) is 0 Å².